The van der Waals surface area contributed by atoms with Gasteiger partial charge in [0.25, 0.3) is 0 Å². The van der Waals surface area contributed by atoms with E-state index >= 15 is 0 Å². The van der Waals surface area contributed by atoms with Crippen molar-refractivity contribution in [1.29, 1.82) is 0 Å². The van der Waals surface area contributed by atoms with Crippen molar-refractivity contribution in [3.63, 3.8) is 0 Å². The van der Waals surface area contributed by atoms with Crippen LogP contribution in [0.15, 0.2) is 18.2 Å². The van der Waals surface area contributed by atoms with Crippen LogP contribution < -0.4 is 4.74 Å². The van der Waals surface area contributed by atoms with Crippen LogP contribution in [0.4, 0.5) is 0 Å². The number of halogens is 1. The maximum atomic E-state index is 8.97. The topological polar surface area (TPSA) is 29.5 Å². The maximum absolute atomic E-state index is 8.97. The highest BCUT2D eigenvalue weighted by molar-refractivity contribution is 14.1. The number of rotatable bonds is 4. The van der Waals surface area contributed by atoms with Crippen molar-refractivity contribution in [3.8, 4) is 5.75 Å². The second-order valence-electron chi connectivity index (χ2n) is 3.00. The molecule has 0 aliphatic rings. The van der Waals surface area contributed by atoms with Crippen molar-refractivity contribution >= 4 is 22.6 Å². The molecule has 1 N–H and O–H groups in total. The van der Waals surface area contributed by atoms with Gasteiger partial charge in [0.15, 0.2) is 0 Å². The maximum Gasteiger partial charge on any atom is 0.132 e. The molecule has 1 atom stereocenters. The molecule has 1 aromatic carbocycles. The van der Waals surface area contributed by atoms with Gasteiger partial charge in [-0.2, -0.15) is 0 Å². The lowest BCUT2D eigenvalue weighted by Gasteiger charge is -2.11. The number of benzene rings is 1. The summed E-state index contributed by atoms with van der Waals surface area (Å²) in [5.41, 5.74) is 1.01. The van der Waals surface area contributed by atoms with Crippen LogP contribution in [0.2, 0.25) is 0 Å². The zero-order valence-electron chi connectivity index (χ0n) is 8.16. The van der Waals surface area contributed by atoms with Gasteiger partial charge in [-0.1, -0.05) is 6.07 Å². The molecule has 0 heterocycles. The van der Waals surface area contributed by atoms with Crippen LogP contribution in [-0.2, 0) is 0 Å². The average Bonchev–Trinajstić information content (AvgIpc) is 2.20. The molecule has 0 aromatic heterocycles. The van der Waals surface area contributed by atoms with Crippen molar-refractivity contribution < 1.29 is 9.84 Å². The molecule has 3 heteroatoms. The van der Waals surface area contributed by atoms with Crippen molar-refractivity contribution in [2.45, 2.75) is 12.8 Å². The highest BCUT2D eigenvalue weighted by Gasteiger charge is 2.07. The Kier molecular flexibility index (Phi) is 4.68. The number of ether oxygens (including phenoxy) is 1. The molecule has 0 fully saturated rings. The monoisotopic (exact) mass is 305 g/mol. The molecule has 0 saturated heterocycles. The third-order valence-corrected chi connectivity index (χ3v) is 2.84. The fourth-order valence-electron chi connectivity index (χ4n) is 1.15. The summed E-state index contributed by atoms with van der Waals surface area (Å²) in [7, 11) is 0. The number of aliphatic hydroxyl groups is 1. The minimum atomic E-state index is -0.0776. The highest BCUT2D eigenvalue weighted by atomic mass is 127. The van der Waals surface area contributed by atoms with Gasteiger partial charge in [-0.25, -0.2) is 0 Å². The smallest absolute Gasteiger partial charge is 0.132 e. The van der Waals surface area contributed by atoms with Gasteiger partial charge in [0.2, 0.25) is 0 Å². The van der Waals surface area contributed by atoms with E-state index < -0.39 is 0 Å². The lowest BCUT2D eigenvalue weighted by molar-refractivity contribution is 0.282. The lowest BCUT2D eigenvalue weighted by atomic mass is 10.0. The van der Waals surface area contributed by atoms with Gasteiger partial charge in [-0.05, 0) is 54.1 Å². The molecule has 14 heavy (non-hydrogen) atoms. The molecule has 0 aliphatic heterocycles. The van der Waals surface area contributed by atoms with Crippen LogP contribution >= 0.6 is 22.6 Å². The molecule has 0 aliphatic carbocycles. The Hall–Kier alpha value is -0.290. The number of hydrogen-bond donors (Lipinski definition) is 1. The van der Waals surface area contributed by atoms with Gasteiger partial charge in [0.1, 0.15) is 5.75 Å². The Morgan fingerprint density at radius 1 is 1.57 bits per heavy atom. The molecule has 2 nitrogen and oxygen atoms in total. The van der Waals surface area contributed by atoms with Crippen LogP contribution in [0.1, 0.15) is 18.4 Å². The van der Waals surface area contributed by atoms with Crippen molar-refractivity contribution in [3.05, 3.63) is 34.3 Å². The summed E-state index contributed by atoms with van der Waals surface area (Å²) < 4.78 is 6.54. The normalized spacial score (nSPS) is 12.6. The predicted octanol–water partition coefficient (Wildman–Crippen LogP) is 2.60. The molecule has 1 radical (unpaired) electrons. The van der Waals surface area contributed by atoms with E-state index in [4.69, 9.17) is 9.84 Å². The summed E-state index contributed by atoms with van der Waals surface area (Å²) >= 11 is 2.23. The second kappa shape index (κ2) is 5.56. The predicted molar refractivity (Wildman–Crippen MR) is 65.5 cm³/mol. The minimum absolute atomic E-state index is 0.0617. The van der Waals surface area contributed by atoms with Gasteiger partial charge in [-0.15, -0.1) is 0 Å². The van der Waals surface area contributed by atoms with Crippen molar-refractivity contribution in [2.24, 2.45) is 0 Å². The van der Waals surface area contributed by atoms with E-state index in [0.29, 0.717) is 6.61 Å². The SMILES string of the molecule is [CH2]C(CO)c1ccc(I)c(OCC)c1. The third-order valence-electron chi connectivity index (χ3n) is 1.95. The molecule has 1 rings (SSSR count). The fraction of sp³-hybridized carbons (Fsp3) is 0.364. The van der Waals surface area contributed by atoms with E-state index in [2.05, 4.69) is 29.5 Å². The Morgan fingerprint density at radius 3 is 2.86 bits per heavy atom. The summed E-state index contributed by atoms with van der Waals surface area (Å²) in [5.74, 6) is 0.791. The molecule has 0 saturated carbocycles. The largest absolute Gasteiger partial charge is 0.493 e. The standard InChI is InChI=1S/C11H14IO2/c1-3-14-11-6-9(8(2)7-13)4-5-10(11)12/h4-6,8,13H,2-3,7H2,1H3. The average molecular weight is 305 g/mol. The second-order valence-corrected chi connectivity index (χ2v) is 4.16. The molecule has 77 valence electrons. The molecule has 1 aromatic rings. The van der Waals surface area contributed by atoms with Crippen molar-refractivity contribution in [2.75, 3.05) is 13.2 Å². The van der Waals surface area contributed by atoms with E-state index in [1.165, 1.54) is 0 Å². The molecular formula is C11H14IO2. The van der Waals surface area contributed by atoms with E-state index in [9.17, 15) is 0 Å². The van der Waals surface area contributed by atoms with Crippen LogP contribution in [0.25, 0.3) is 0 Å². The summed E-state index contributed by atoms with van der Waals surface area (Å²) in [4.78, 5) is 0. The molecule has 0 amide bonds. The Balaban J connectivity index is 2.93. The van der Waals surface area contributed by atoms with Crippen LogP contribution in [0.3, 0.4) is 0 Å². The fourth-order valence-corrected chi connectivity index (χ4v) is 1.64. The summed E-state index contributed by atoms with van der Waals surface area (Å²) in [6.07, 6.45) is 0. The van der Waals surface area contributed by atoms with Gasteiger partial charge >= 0.3 is 0 Å². The molecule has 0 spiro atoms. The summed E-state index contributed by atoms with van der Waals surface area (Å²) in [6, 6.07) is 5.89. The van der Waals surface area contributed by atoms with Crippen LogP contribution in [0.5, 0.6) is 5.75 Å². The lowest BCUT2D eigenvalue weighted by Crippen LogP contribution is -2.01. The van der Waals surface area contributed by atoms with Crippen molar-refractivity contribution in [1.82, 2.24) is 0 Å². The zero-order chi connectivity index (χ0) is 10.6. The first kappa shape index (κ1) is 11.8. The van der Waals surface area contributed by atoms with Crippen LogP contribution in [0, 0.1) is 10.5 Å². The van der Waals surface area contributed by atoms with E-state index in [1.54, 1.807) is 0 Å². The first-order valence-electron chi connectivity index (χ1n) is 4.55. The first-order chi connectivity index (χ1) is 6.69. The van der Waals surface area contributed by atoms with Gasteiger partial charge in [0, 0.05) is 12.5 Å². The van der Waals surface area contributed by atoms with Gasteiger partial charge < -0.3 is 9.84 Å². The number of hydrogen-bond acceptors (Lipinski definition) is 2. The van der Waals surface area contributed by atoms with Crippen LogP contribution in [-0.4, -0.2) is 18.3 Å². The zero-order valence-corrected chi connectivity index (χ0v) is 10.3. The van der Waals surface area contributed by atoms with E-state index in [0.717, 1.165) is 14.9 Å². The summed E-state index contributed by atoms with van der Waals surface area (Å²) in [5, 5.41) is 8.97. The number of aliphatic hydroxyl groups excluding tert-OH is 1. The Morgan fingerprint density at radius 2 is 2.29 bits per heavy atom. The Labute approximate surface area is 98.4 Å². The Bertz CT molecular complexity index is 299. The molecular weight excluding hydrogens is 291 g/mol. The van der Waals surface area contributed by atoms with Gasteiger partial charge in [0.05, 0.1) is 10.2 Å². The van der Waals surface area contributed by atoms with E-state index in [1.807, 2.05) is 25.1 Å². The highest BCUT2D eigenvalue weighted by Crippen LogP contribution is 2.25. The minimum Gasteiger partial charge on any atom is -0.493 e. The van der Waals surface area contributed by atoms with Gasteiger partial charge in [-0.3, -0.25) is 0 Å². The van der Waals surface area contributed by atoms with E-state index in [-0.39, 0.29) is 12.5 Å². The summed E-state index contributed by atoms with van der Waals surface area (Å²) in [6.45, 7) is 6.52. The first-order valence-corrected chi connectivity index (χ1v) is 5.63. The molecule has 0 bridgehead atoms. The third kappa shape index (κ3) is 2.85. The molecule has 1 unspecified atom stereocenters. The quantitative estimate of drug-likeness (QED) is 0.867.